The van der Waals surface area contributed by atoms with Crippen LogP contribution >= 0.6 is 0 Å². The highest BCUT2D eigenvalue weighted by atomic mass is 16.2. The van der Waals surface area contributed by atoms with E-state index in [1.807, 2.05) is 11.0 Å². The van der Waals surface area contributed by atoms with Crippen molar-refractivity contribution in [3.63, 3.8) is 0 Å². The maximum atomic E-state index is 12.0. The lowest BCUT2D eigenvalue weighted by molar-refractivity contribution is -0.129. The minimum Gasteiger partial charge on any atom is -0.337 e. The van der Waals surface area contributed by atoms with Crippen LogP contribution in [0.3, 0.4) is 0 Å². The number of carbonyl (C=O) groups excluding carboxylic acids is 1. The van der Waals surface area contributed by atoms with Crippen molar-refractivity contribution in [2.45, 2.75) is 25.4 Å². The van der Waals surface area contributed by atoms with Crippen LogP contribution in [0.15, 0.2) is 30.3 Å². The summed E-state index contributed by atoms with van der Waals surface area (Å²) in [5.74, 6) is 0.0498. The lowest BCUT2D eigenvalue weighted by atomic mass is 10.1. The van der Waals surface area contributed by atoms with E-state index >= 15 is 0 Å². The average Bonchev–Trinajstić information content (AvgIpc) is 3.06. The molecule has 0 bridgehead atoms. The van der Waals surface area contributed by atoms with Crippen LogP contribution in [-0.4, -0.2) is 41.4 Å². The van der Waals surface area contributed by atoms with Gasteiger partial charge in [0, 0.05) is 38.6 Å². The molecule has 2 fully saturated rings. The van der Waals surface area contributed by atoms with Crippen LogP contribution in [0.5, 0.6) is 0 Å². The Bertz CT molecular complexity index is 522. The smallest absolute Gasteiger partial charge is 0.224 e. The third-order valence-corrected chi connectivity index (χ3v) is 4.28. The summed E-state index contributed by atoms with van der Waals surface area (Å²) in [4.78, 5) is 16.3. The van der Waals surface area contributed by atoms with Crippen LogP contribution in [0.4, 0.5) is 0 Å². The molecule has 4 nitrogen and oxygen atoms in total. The summed E-state index contributed by atoms with van der Waals surface area (Å²) in [6, 6.07) is 12.9. The zero-order valence-corrected chi connectivity index (χ0v) is 11.5. The fourth-order valence-electron chi connectivity index (χ4n) is 3.22. The molecule has 3 rings (SSSR count). The van der Waals surface area contributed by atoms with Crippen molar-refractivity contribution in [3.05, 3.63) is 35.9 Å². The molecule has 2 atom stereocenters. The Hall–Kier alpha value is -1.86. The van der Waals surface area contributed by atoms with Gasteiger partial charge in [-0.3, -0.25) is 9.69 Å². The zero-order valence-electron chi connectivity index (χ0n) is 11.5. The van der Waals surface area contributed by atoms with E-state index in [1.54, 1.807) is 0 Å². The van der Waals surface area contributed by atoms with Crippen LogP contribution in [0, 0.1) is 17.2 Å². The molecular weight excluding hydrogens is 250 g/mol. The fraction of sp³-hybridized carbons (Fsp3) is 0.500. The van der Waals surface area contributed by atoms with Crippen molar-refractivity contribution in [2.24, 2.45) is 5.92 Å². The first-order valence-corrected chi connectivity index (χ1v) is 7.21. The molecule has 0 spiro atoms. The molecule has 2 aliphatic heterocycles. The minimum absolute atomic E-state index is 0.106. The molecule has 0 saturated carbocycles. The number of amides is 1. The van der Waals surface area contributed by atoms with E-state index in [1.165, 1.54) is 5.56 Å². The summed E-state index contributed by atoms with van der Waals surface area (Å²) in [5, 5.41) is 8.95. The molecule has 2 saturated heterocycles. The summed E-state index contributed by atoms with van der Waals surface area (Å²) < 4.78 is 0. The van der Waals surface area contributed by atoms with Gasteiger partial charge in [-0.1, -0.05) is 30.3 Å². The summed E-state index contributed by atoms with van der Waals surface area (Å²) in [7, 11) is 0. The summed E-state index contributed by atoms with van der Waals surface area (Å²) in [6.45, 7) is 3.53. The van der Waals surface area contributed by atoms with Crippen molar-refractivity contribution in [1.29, 1.82) is 5.26 Å². The van der Waals surface area contributed by atoms with E-state index in [4.69, 9.17) is 5.26 Å². The third-order valence-electron chi connectivity index (χ3n) is 4.28. The quantitative estimate of drug-likeness (QED) is 0.838. The van der Waals surface area contributed by atoms with Gasteiger partial charge in [0.15, 0.2) is 0 Å². The molecular formula is C16H19N3O. The molecule has 2 heterocycles. The monoisotopic (exact) mass is 269 g/mol. The number of likely N-dealkylation sites (tertiary alicyclic amines) is 2. The van der Waals surface area contributed by atoms with Crippen molar-refractivity contribution in [3.8, 4) is 6.07 Å². The van der Waals surface area contributed by atoms with E-state index in [-0.39, 0.29) is 11.8 Å². The maximum absolute atomic E-state index is 12.0. The summed E-state index contributed by atoms with van der Waals surface area (Å²) >= 11 is 0. The Balaban J connectivity index is 1.57. The molecule has 2 unspecified atom stereocenters. The number of benzene rings is 1. The van der Waals surface area contributed by atoms with E-state index in [9.17, 15) is 4.79 Å². The molecule has 2 aliphatic rings. The van der Waals surface area contributed by atoms with Gasteiger partial charge in [-0.05, 0) is 12.0 Å². The van der Waals surface area contributed by atoms with Crippen LogP contribution in [0.25, 0.3) is 0 Å². The summed E-state index contributed by atoms with van der Waals surface area (Å²) in [5.41, 5.74) is 1.32. The van der Waals surface area contributed by atoms with Gasteiger partial charge in [0.05, 0.1) is 12.0 Å². The predicted octanol–water partition coefficient (Wildman–Crippen LogP) is 1.63. The van der Waals surface area contributed by atoms with E-state index in [2.05, 4.69) is 35.2 Å². The molecule has 1 amide bonds. The second-order valence-corrected chi connectivity index (χ2v) is 5.74. The van der Waals surface area contributed by atoms with E-state index in [0.29, 0.717) is 19.0 Å². The first-order valence-electron chi connectivity index (χ1n) is 7.21. The molecule has 0 radical (unpaired) electrons. The van der Waals surface area contributed by atoms with Crippen molar-refractivity contribution in [1.82, 2.24) is 9.80 Å². The number of nitrogens with zero attached hydrogens (tertiary/aromatic N) is 3. The Morgan fingerprint density at radius 1 is 1.25 bits per heavy atom. The molecule has 0 aliphatic carbocycles. The van der Waals surface area contributed by atoms with Crippen LogP contribution in [-0.2, 0) is 11.3 Å². The molecule has 104 valence electrons. The molecule has 4 heteroatoms. The SMILES string of the molecule is N#CC1CC(=O)N(C2CCN(Cc3ccccc3)C2)C1. The number of carbonyl (C=O) groups is 1. The zero-order chi connectivity index (χ0) is 13.9. The van der Waals surface area contributed by atoms with Gasteiger partial charge in [0.25, 0.3) is 0 Å². The van der Waals surface area contributed by atoms with Crippen LogP contribution in [0.1, 0.15) is 18.4 Å². The fourth-order valence-corrected chi connectivity index (χ4v) is 3.22. The molecule has 20 heavy (non-hydrogen) atoms. The van der Waals surface area contributed by atoms with E-state index < -0.39 is 0 Å². The predicted molar refractivity (Wildman–Crippen MR) is 75.6 cm³/mol. The number of hydrogen-bond acceptors (Lipinski definition) is 3. The van der Waals surface area contributed by atoms with Gasteiger partial charge < -0.3 is 4.90 Å². The molecule has 1 aromatic carbocycles. The van der Waals surface area contributed by atoms with Gasteiger partial charge in [0.2, 0.25) is 5.91 Å². The molecule has 1 aromatic rings. The largest absolute Gasteiger partial charge is 0.337 e. The first-order chi connectivity index (χ1) is 9.76. The number of hydrogen-bond donors (Lipinski definition) is 0. The second-order valence-electron chi connectivity index (χ2n) is 5.74. The Labute approximate surface area is 119 Å². The Kier molecular flexibility index (Phi) is 3.70. The van der Waals surface area contributed by atoms with Gasteiger partial charge in [-0.2, -0.15) is 5.26 Å². The van der Waals surface area contributed by atoms with Gasteiger partial charge in [0.1, 0.15) is 0 Å². The molecule has 0 aromatic heterocycles. The van der Waals surface area contributed by atoms with Crippen molar-refractivity contribution < 1.29 is 4.79 Å². The van der Waals surface area contributed by atoms with Gasteiger partial charge in [-0.25, -0.2) is 0 Å². The Morgan fingerprint density at radius 2 is 2.05 bits per heavy atom. The highest BCUT2D eigenvalue weighted by Crippen LogP contribution is 2.25. The Morgan fingerprint density at radius 3 is 2.75 bits per heavy atom. The van der Waals surface area contributed by atoms with Crippen LogP contribution in [0.2, 0.25) is 0 Å². The number of rotatable bonds is 3. The lowest BCUT2D eigenvalue weighted by Gasteiger charge is -2.24. The normalized spacial score (nSPS) is 26.9. The number of nitriles is 1. The topological polar surface area (TPSA) is 47.3 Å². The standard InChI is InChI=1S/C16H19N3O/c17-9-14-8-16(20)19(11-14)15-6-7-18(12-15)10-13-4-2-1-3-5-13/h1-5,14-15H,6-8,10-12H2. The van der Waals surface area contributed by atoms with Gasteiger partial charge in [-0.15, -0.1) is 0 Å². The van der Waals surface area contributed by atoms with Gasteiger partial charge >= 0.3 is 0 Å². The highest BCUT2D eigenvalue weighted by molar-refractivity contribution is 5.79. The lowest BCUT2D eigenvalue weighted by Crippen LogP contribution is -2.38. The molecule has 0 N–H and O–H groups in total. The maximum Gasteiger partial charge on any atom is 0.224 e. The third kappa shape index (κ3) is 2.68. The minimum atomic E-state index is -0.106. The van der Waals surface area contributed by atoms with E-state index in [0.717, 1.165) is 26.1 Å². The highest BCUT2D eigenvalue weighted by Gasteiger charge is 2.37. The average molecular weight is 269 g/mol. The second kappa shape index (κ2) is 5.64. The van der Waals surface area contributed by atoms with Crippen LogP contribution < -0.4 is 0 Å². The van der Waals surface area contributed by atoms with Crippen molar-refractivity contribution >= 4 is 5.91 Å². The summed E-state index contributed by atoms with van der Waals surface area (Å²) in [6.07, 6.45) is 1.43. The van der Waals surface area contributed by atoms with Crippen molar-refractivity contribution in [2.75, 3.05) is 19.6 Å². The first kappa shape index (κ1) is 13.1.